The van der Waals surface area contributed by atoms with Crippen LogP contribution in [0.4, 0.5) is 22.0 Å². The van der Waals surface area contributed by atoms with Gasteiger partial charge in [0.15, 0.2) is 9.84 Å². The van der Waals surface area contributed by atoms with Crippen molar-refractivity contribution >= 4 is 21.7 Å². The lowest BCUT2D eigenvalue weighted by atomic mass is 9.81. The zero-order chi connectivity index (χ0) is 28.8. The van der Waals surface area contributed by atoms with Gasteiger partial charge in [0.25, 0.3) is 0 Å². The van der Waals surface area contributed by atoms with E-state index in [0.717, 1.165) is 48.5 Å². The second-order valence-electron chi connectivity index (χ2n) is 10.4. The molecular formula is C27H28F5NO5S. The Labute approximate surface area is 222 Å². The molecule has 1 heterocycles. The number of carboxylic acid groups (broad SMARTS) is 1. The van der Waals surface area contributed by atoms with Crippen molar-refractivity contribution in [3.05, 3.63) is 65.5 Å². The summed E-state index contributed by atoms with van der Waals surface area (Å²) in [7, 11) is -4.32. The fraction of sp³-hybridized carbons (Fsp3) is 0.481. The molecule has 12 heteroatoms. The largest absolute Gasteiger partial charge is 0.481 e. The molecule has 0 radical (unpaired) electrons. The van der Waals surface area contributed by atoms with Crippen LogP contribution in [0.3, 0.4) is 0 Å². The third-order valence-corrected chi connectivity index (χ3v) is 10.6. The molecule has 2 aromatic carbocycles. The van der Waals surface area contributed by atoms with Crippen LogP contribution in [-0.2, 0) is 29.8 Å². The molecule has 1 amide bonds. The molecule has 0 bridgehead atoms. The van der Waals surface area contributed by atoms with Crippen LogP contribution in [0.15, 0.2) is 53.4 Å². The van der Waals surface area contributed by atoms with Gasteiger partial charge in [0.1, 0.15) is 10.6 Å². The SMILES string of the molecule is CC(F)(c1ccc([C@]2(S(=O)(=O)c3ccc(F)cc3)CCN(C(=O)[C@H]3CC[C@H](C(=O)O)CC3)C2)cc1)C(F)(F)F. The monoisotopic (exact) mass is 573 g/mol. The van der Waals surface area contributed by atoms with E-state index in [1.165, 1.54) is 4.90 Å². The van der Waals surface area contributed by atoms with Crippen LogP contribution in [0.25, 0.3) is 0 Å². The summed E-state index contributed by atoms with van der Waals surface area (Å²) >= 11 is 0. The molecule has 2 aromatic rings. The molecule has 1 unspecified atom stereocenters. The molecule has 1 N–H and O–H groups in total. The number of aliphatic carboxylic acids is 1. The maximum Gasteiger partial charge on any atom is 0.426 e. The molecule has 1 aliphatic carbocycles. The van der Waals surface area contributed by atoms with Crippen LogP contribution in [0.1, 0.15) is 50.2 Å². The van der Waals surface area contributed by atoms with Crippen LogP contribution in [0.5, 0.6) is 0 Å². The average molecular weight is 574 g/mol. The van der Waals surface area contributed by atoms with E-state index in [2.05, 4.69) is 0 Å². The number of carbonyl (C=O) groups excluding carboxylic acids is 1. The van der Waals surface area contributed by atoms with Crippen molar-refractivity contribution in [3.63, 3.8) is 0 Å². The van der Waals surface area contributed by atoms with Crippen molar-refractivity contribution in [3.8, 4) is 0 Å². The molecule has 6 nitrogen and oxygen atoms in total. The fourth-order valence-electron chi connectivity index (χ4n) is 5.52. The zero-order valence-corrected chi connectivity index (χ0v) is 21.9. The van der Waals surface area contributed by atoms with Gasteiger partial charge in [-0.05, 0) is 74.4 Å². The van der Waals surface area contributed by atoms with Crippen molar-refractivity contribution < 1.29 is 45.1 Å². The van der Waals surface area contributed by atoms with Crippen molar-refractivity contribution in [1.82, 2.24) is 4.90 Å². The first-order chi connectivity index (χ1) is 18.1. The second kappa shape index (κ2) is 10.2. The molecule has 1 aliphatic heterocycles. The summed E-state index contributed by atoms with van der Waals surface area (Å²) in [5.41, 5.74) is -4.28. The van der Waals surface area contributed by atoms with Crippen molar-refractivity contribution in [2.75, 3.05) is 13.1 Å². The Morgan fingerprint density at radius 1 is 0.923 bits per heavy atom. The van der Waals surface area contributed by atoms with Gasteiger partial charge in [-0.15, -0.1) is 0 Å². The maximum atomic E-state index is 14.6. The number of sulfone groups is 1. The number of carboxylic acids is 1. The highest BCUT2D eigenvalue weighted by Gasteiger charge is 2.55. The number of nitrogens with zero attached hydrogens (tertiary/aromatic N) is 1. The predicted octanol–water partition coefficient (Wildman–Crippen LogP) is 5.37. The molecule has 2 aliphatic rings. The highest BCUT2D eigenvalue weighted by molar-refractivity contribution is 7.92. The van der Waals surface area contributed by atoms with Gasteiger partial charge < -0.3 is 10.0 Å². The number of hydrogen-bond donors (Lipinski definition) is 1. The summed E-state index contributed by atoms with van der Waals surface area (Å²) in [6.45, 7) is 0.0985. The summed E-state index contributed by atoms with van der Waals surface area (Å²) in [5.74, 6) is -2.93. The Bertz CT molecular complexity index is 1330. The molecule has 39 heavy (non-hydrogen) atoms. The van der Waals surface area contributed by atoms with Crippen LogP contribution in [0.2, 0.25) is 0 Å². The first-order valence-corrected chi connectivity index (χ1v) is 14.0. The highest BCUT2D eigenvalue weighted by Crippen LogP contribution is 2.46. The molecule has 2 fully saturated rings. The van der Waals surface area contributed by atoms with Crippen LogP contribution in [0, 0.1) is 17.7 Å². The minimum Gasteiger partial charge on any atom is -0.481 e. The van der Waals surface area contributed by atoms with Gasteiger partial charge in [-0.1, -0.05) is 24.3 Å². The third kappa shape index (κ3) is 5.15. The number of likely N-dealkylation sites (tertiary alicyclic amines) is 1. The van der Waals surface area contributed by atoms with Gasteiger partial charge >= 0.3 is 12.1 Å². The van der Waals surface area contributed by atoms with Gasteiger partial charge in [-0.3, -0.25) is 9.59 Å². The van der Waals surface area contributed by atoms with E-state index in [4.69, 9.17) is 0 Å². The summed E-state index contributed by atoms with van der Waals surface area (Å²) in [6.07, 6.45) is -3.96. The van der Waals surface area contributed by atoms with E-state index in [-0.39, 0.29) is 35.9 Å². The normalized spacial score (nSPS) is 25.7. The lowest BCUT2D eigenvalue weighted by Crippen LogP contribution is -2.43. The van der Waals surface area contributed by atoms with Crippen molar-refractivity contribution in [1.29, 1.82) is 0 Å². The number of benzene rings is 2. The number of halogens is 5. The molecule has 1 saturated carbocycles. The number of hydrogen-bond acceptors (Lipinski definition) is 4. The Kier molecular flexibility index (Phi) is 7.57. The number of carbonyl (C=O) groups is 2. The molecule has 4 rings (SSSR count). The van der Waals surface area contributed by atoms with Gasteiger partial charge in [0.2, 0.25) is 11.6 Å². The average Bonchev–Trinajstić information content (AvgIpc) is 3.35. The van der Waals surface area contributed by atoms with E-state index in [1.54, 1.807) is 0 Å². The quantitative estimate of drug-likeness (QED) is 0.371. The summed E-state index contributed by atoms with van der Waals surface area (Å²) < 4.78 is 94.1. The van der Waals surface area contributed by atoms with E-state index >= 15 is 0 Å². The molecule has 1 saturated heterocycles. The summed E-state index contributed by atoms with van der Waals surface area (Å²) in [4.78, 5) is 25.8. The maximum absolute atomic E-state index is 14.6. The Hall–Kier alpha value is -3.02. The minimum absolute atomic E-state index is 0.0310. The van der Waals surface area contributed by atoms with Crippen LogP contribution >= 0.6 is 0 Å². The minimum atomic E-state index is -5.19. The molecule has 0 spiro atoms. The van der Waals surface area contributed by atoms with Gasteiger partial charge in [-0.25, -0.2) is 17.2 Å². The number of amides is 1. The topological polar surface area (TPSA) is 91.8 Å². The fourth-order valence-corrected chi connectivity index (χ4v) is 7.59. The lowest BCUT2D eigenvalue weighted by molar-refractivity contribution is -0.228. The summed E-state index contributed by atoms with van der Waals surface area (Å²) in [5, 5.41) is 9.23. The van der Waals surface area contributed by atoms with Gasteiger partial charge in [0, 0.05) is 19.0 Å². The highest BCUT2D eigenvalue weighted by atomic mass is 32.2. The van der Waals surface area contributed by atoms with E-state index in [9.17, 15) is 45.1 Å². The van der Waals surface area contributed by atoms with Crippen molar-refractivity contribution in [2.45, 2.75) is 60.5 Å². The third-order valence-electron chi connectivity index (χ3n) is 8.09. The number of rotatable bonds is 6. The van der Waals surface area contributed by atoms with Crippen molar-refractivity contribution in [2.24, 2.45) is 11.8 Å². The van der Waals surface area contributed by atoms with Gasteiger partial charge in [-0.2, -0.15) is 13.2 Å². The van der Waals surface area contributed by atoms with Crippen LogP contribution in [-0.4, -0.2) is 49.6 Å². The van der Waals surface area contributed by atoms with E-state index in [0.29, 0.717) is 32.6 Å². The number of alkyl halides is 4. The second-order valence-corrected chi connectivity index (χ2v) is 12.7. The van der Waals surface area contributed by atoms with E-state index < -0.39 is 55.6 Å². The standard InChI is InChI=1S/C27H28F5NO5S/c1-25(29,27(30,31)32)19-6-8-20(9-7-19)26(39(37,38)22-12-10-21(28)11-13-22)14-15-33(16-26)23(34)17-2-4-18(5-3-17)24(35)36/h6-13,17-18H,2-5,14-16H2,1H3,(H,35,36)/t17-,18-,25?,26-/m0/s1. The first kappa shape index (κ1) is 29.0. The molecule has 0 aromatic heterocycles. The Balaban J connectivity index is 1.70. The molecule has 212 valence electrons. The smallest absolute Gasteiger partial charge is 0.426 e. The predicted molar refractivity (Wildman–Crippen MR) is 131 cm³/mol. The lowest BCUT2D eigenvalue weighted by Gasteiger charge is -2.32. The summed E-state index contributed by atoms with van der Waals surface area (Å²) in [6, 6.07) is 8.16. The van der Waals surface area contributed by atoms with E-state index in [1.807, 2.05) is 0 Å². The Morgan fingerprint density at radius 3 is 1.97 bits per heavy atom. The van der Waals surface area contributed by atoms with Crippen LogP contribution < -0.4 is 0 Å². The first-order valence-electron chi connectivity index (χ1n) is 12.5. The van der Waals surface area contributed by atoms with Gasteiger partial charge in [0.05, 0.1) is 10.8 Å². The molecular weight excluding hydrogens is 545 g/mol. The zero-order valence-electron chi connectivity index (χ0n) is 21.0. The Morgan fingerprint density at radius 2 is 1.46 bits per heavy atom. The molecule has 2 atom stereocenters.